The molecule has 1 atom stereocenters. The number of anilines is 2. The molecule has 0 radical (unpaired) electrons. The highest BCUT2D eigenvalue weighted by Gasteiger charge is 2.37. The van der Waals surface area contributed by atoms with Crippen molar-refractivity contribution < 1.29 is 18.0 Å². The number of pyridine rings is 1. The first kappa shape index (κ1) is 16.2. The number of carbonyl (C=O) groups excluding carboxylic acids is 1. The standard InChI is InChI=1S/C14H15F3N6O/c15-14(16,17)10-4-1-5-18-11(10)23-6-2-3-9(7-23)12(24)21-13-19-8-20-22-13/h1,4-5,8-9H,2-3,6-7H2,(H2,19,20,21,22,24)/t9-/m1/s1. The predicted molar refractivity (Wildman–Crippen MR) is 79.2 cm³/mol. The number of H-pyrrole nitrogens is 1. The SMILES string of the molecule is O=C(Nc1ncn[nH]1)[C@@H]1CCCN(c2ncccc2C(F)(F)F)C1. The number of piperidine rings is 1. The number of rotatable bonds is 3. The molecule has 0 aromatic carbocycles. The second-order valence-corrected chi connectivity index (χ2v) is 5.48. The van der Waals surface area contributed by atoms with Crippen molar-refractivity contribution in [1.82, 2.24) is 20.2 Å². The predicted octanol–water partition coefficient (Wildman–Crippen LogP) is 2.07. The molecule has 3 rings (SSSR count). The second-order valence-electron chi connectivity index (χ2n) is 5.48. The van der Waals surface area contributed by atoms with E-state index in [1.165, 1.54) is 23.5 Å². The molecule has 1 aliphatic rings. The van der Waals surface area contributed by atoms with Crippen LogP contribution in [0.1, 0.15) is 18.4 Å². The fourth-order valence-corrected chi connectivity index (χ4v) is 2.74. The van der Waals surface area contributed by atoms with Crippen LogP contribution in [0.2, 0.25) is 0 Å². The normalized spacial score (nSPS) is 18.5. The zero-order valence-electron chi connectivity index (χ0n) is 12.5. The Kier molecular flexibility index (Phi) is 4.36. The average Bonchev–Trinajstić information content (AvgIpc) is 3.07. The van der Waals surface area contributed by atoms with E-state index in [0.29, 0.717) is 19.4 Å². The summed E-state index contributed by atoms with van der Waals surface area (Å²) in [5.41, 5.74) is -0.790. The Bertz CT molecular complexity index is 703. The van der Waals surface area contributed by atoms with Crippen LogP contribution in [0.25, 0.3) is 0 Å². The molecule has 24 heavy (non-hydrogen) atoms. The number of nitrogens with zero attached hydrogens (tertiary/aromatic N) is 4. The molecule has 1 fully saturated rings. The summed E-state index contributed by atoms with van der Waals surface area (Å²) in [6.45, 7) is 0.590. The highest BCUT2D eigenvalue weighted by molar-refractivity contribution is 5.91. The van der Waals surface area contributed by atoms with Gasteiger partial charge in [0, 0.05) is 19.3 Å². The number of alkyl halides is 3. The molecule has 2 N–H and O–H groups in total. The lowest BCUT2D eigenvalue weighted by Gasteiger charge is -2.34. The van der Waals surface area contributed by atoms with E-state index in [9.17, 15) is 18.0 Å². The Morgan fingerprint density at radius 2 is 2.21 bits per heavy atom. The van der Waals surface area contributed by atoms with E-state index in [4.69, 9.17) is 0 Å². The zero-order chi connectivity index (χ0) is 17.2. The Morgan fingerprint density at radius 3 is 2.92 bits per heavy atom. The van der Waals surface area contributed by atoms with Crippen LogP contribution in [0.3, 0.4) is 0 Å². The highest BCUT2D eigenvalue weighted by atomic mass is 19.4. The number of halogens is 3. The van der Waals surface area contributed by atoms with Gasteiger partial charge in [-0.05, 0) is 25.0 Å². The molecule has 0 bridgehead atoms. The molecule has 3 heterocycles. The third-order valence-corrected chi connectivity index (χ3v) is 3.84. The summed E-state index contributed by atoms with van der Waals surface area (Å²) in [7, 11) is 0. The van der Waals surface area contributed by atoms with Crippen LogP contribution in [0.15, 0.2) is 24.7 Å². The highest BCUT2D eigenvalue weighted by Crippen LogP contribution is 2.36. The molecule has 0 aliphatic carbocycles. The van der Waals surface area contributed by atoms with E-state index in [2.05, 4.69) is 25.5 Å². The fraction of sp³-hybridized carbons (Fsp3) is 0.429. The maximum Gasteiger partial charge on any atom is 0.419 e. The number of carbonyl (C=O) groups is 1. The van der Waals surface area contributed by atoms with Gasteiger partial charge in [0.25, 0.3) is 0 Å². The van der Waals surface area contributed by atoms with Gasteiger partial charge in [0.15, 0.2) is 0 Å². The van der Waals surface area contributed by atoms with Crippen molar-refractivity contribution >= 4 is 17.7 Å². The van der Waals surface area contributed by atoms with E-state index in [-0.39, 0.29) is 24.2 Å². The number of hydrogen-bond donors (Lipinski definition) is 2. The van der Waals surface area contributed by atoms with Crippen LogP contribution >= 0.6 is 0 Å². The topological polar surface area (TPSA) is 86.8 Å². The van der Waals surface area contributed by atoms with Gasteiger partial charge in [0.1, 0.15) is 12.1 Å². The van der Waals surface area contributed by atoms with Gasteiger partial charge < -0.3 is 4.90 Å². The molecule has 7 nitrogen and oxygen atoms in total. The maximum absolute atomic E-state index is 13.1. The summed E-state index contributed by atoms with van der Waals surface area (Å²) in [5.74, 6) is -0.680. The van der Waals surface area contributed by atoms with Crippen LogP contribution in [0, 0.1) is 5.92 Å². The van der Waals surface area contributed by atoms with E-state index in [0.717, 1.165) is 6.07 Å². The van der Waals surface area contributed by atoms with Gasteiger partial charge in [-0.3, -0.25) is 10.1 Å². The van der Waals surface area contributed by atoms with Crippen LogP contribution in [0.5, 0.6) is 0 Å². The third kappa shape index (κ3) is 3.47. The van der Waals surface area contributed by atoms with Crippen molar-refractivity contribution in [1.29, 1.82) is 0 Å². The molecule has 0 spiro atoms. The van der Waals surface area contributed by atoms with Gasteiger partial charge in [-0.2, -0.15) is 23.3 Å². The van der Waals surface area contributed by atoms with Gasteiger partial charge in [-0.25, -0.2) is 10.1 Å². The molecule has 128 valence electrons. The summed E-state index contributed by atoms with van der Waals surface area (Å²) in [4.78, 5) is 21.5. The van der Waals surface area contributed by atoms with Crippen molar-refractivity contribution in [2.75, 3.05) is 23.3 Å². The molecule has 2 aromatic heterocycles. The van der Waals surface area contributed by atoms with Crippen molar-refractivity contribution in [3.8, 4) is 0 Å². The summed E-state index contributed by atoms with van der Waals surface area (Å²) in [6.07, 6.45) is -0.722. The van der Waals surface area contributed by atoms with Gasteiger partial charge in [0.2, 0.25) is 11.9 Å². The number of aromatic nitrogens is 4. The van der Waals surface area contributed by atoms with Gasteiger partial charge >= 0.3 is 6.18 Å². The van der Waals surface area contributed by atoms with Gasteiger partial charge in [-0.15, -0.1) is 0 Å². The minimum Gasteiger partial charge on any atom is -0.355 e. The van der Waals surface area contributed by atoms with Crippen molar-refractivity contribution in [3.05, 3.63) is 30.2 Å². The molecule has 1 amide bonds. The first-order valence-electron chi connectivity index (χ1n) is 7.38. The lowest BCUT2D eigenvalue weighted by atomic mass is 9.96. The molecule has 0 unspecified atom stereocenters. The number of nitrogens with one attached hydrogen (secondary N) is 2. The lowest BCUT2D eigenvalue weighted by Crippen LogP contribution is -2.42. The van der Waals surface area contributed by atoms with Crippen LogP contribution in [-0.2, 0) is 11.0 Å². The largest absolute Gasteiger partial charge is 0.419 e. The molecule has 2 aromatic rings. The minimum absolute atomic E-state index is 0.137. The Labute approximate surface area is 135 Å². The summed E-state index contributed by atoms with van der Waals surface area (Å²) >= 11 is 0. The van der Waals surface area contributed by atoms with Gasteiger partial charge in [0.05, 0.1) is 11.5 Å². The number of aromatic amines is 1. The molecule has 10 heteroatoms. The number of amides is 1. The first-order chi connectivity index (χ1) is 11.4. The Balaban J connectivity index is 1.75. The molecule has 0 saturated carbocycles. The van der Waals surface area contributed by atoms with Crippen molar-refractivity contribution in [2.45, 2.75) is 19.0 Å². The lowest BCUT2D eigenvalue weighted by molar-refractivity contribution is -0.137. The summed E-state index contributed by atoms with van der Waals surface area (Å²) in [5, 5.41) is 8.71. The van der Waals surface area contributed by atoms with E-state index in [1.807, 2.05) is 0 Å². The van der Waals surface area contributed by atoms with Gasteiger partial charge in [-0.1, -0.05) is 0 Å². The molecular weight excluding hydrogens is 325 g/mol. The van der Waals surface area contributed by atoms with Crippen LogP contribution in [0.4, 0.5) is 24.9 Å². The van der Waals surface area contributed by atoms with Crippen molar-refractivity contribution in [3.63, 3.8) is 0 Å². The second kappa shape index (κ2) is 6.46. The van der Waals surface area contributed by atoms with E-state index < -0.39 is 17.7 Å². The Hall–Kier alpha value is -2.65. The minimum atomic E-state index is -4.49. The van der Waals surface area contributed by atoms with Crippen LogP contribution < -0.4 is 10.2 Å². The monoisotopic (exact) mass is 340 g/mol. The maximum atomic E-state index is 13.1. The molecular formula is C14H15F3N6O. The first-order valence-corrected chi connectivity index (χ1v) is 7.38. The summed E-state index contributed by atoms with van der Waals surface area (Å²) in [6, 6.07) is 2.25. The average molecular weight is 340 g/mol. The zero-order valence-corrected chi connectivity index (χ0v) is 12.5. The molecule has 1 saturated heterocycles. The molecule has 1 aliphatic heterocycles. The number of hydrogen-bond acceptors (Lipinski definition) is 5. The fourth-order valence-electron chi connectivity index (χ4n) is 2.74. The summed E-state index contributed by atoms with van der Waals surface area (Å²) < 4.78 is 39.4. The van der Waals surface area contributed by atoms with E-state index in [1.54, 1.807) is 0 Å². The van der Waals surface area contributed by atoms with Crippen LogP contribution in [-0.4, -0.2) is 39.2 Å². The quantitative estimate of drug-likeness (QED) is 0.893. The smallest absolute Gasteiger partial charge is 0.355 e. The van der Waals surface area contributed by atoms with Crippen molar-refractivity contribution in [2.24, 2.45) is 5.92 Å². The Morgan fingerprint density at radius 1 is 1.38 bits per heavy atom. The van der Waals surface area contributed by atoms with E-state index >= 15 is 0 Å². The third-order valence-electron chi connectivity index (χ3n) is 3.84.